The molecule has 7 rings (SSSR count). The van der Waals surface area contributed by atoms with Crippen molar-refractivity contribution < 1.29 is 23.8 Å². The summed E-state index contributed by atoms with van der Waals surface area (Å²) in [6.45, 7) is 4.71. The van der Waals surface area contributed by atoms with Crippen molar-refractivity contribution in [2.45, 2.75) is 18.9 Å². The van der Waals surface area contributed by atoms with E-state index in [9.17, 15) is 9.59 Å². The van der Waals surface area contributed by atoms with Gasteiger partial charge in [-0.2, -0.15) is 10.2 Å². The van der Waals surface area contributed by atoms with Gasteiger partial charge in [0, 0.05) is 81.9 Å². The first-order chi connectivity index (χ1) is 24.9. The molecule has 51 heavy (non-hydrogen) atoms. The van der Waals surface area contributed by atoms with Crippen LogP contribution in [0.25, 0.3) is 39.1 Å². The van der Waals surface area contributed by atoms with Crippen molar-refractivity contribution in [2.24, 2.45) is 7.05 Å². The first-order valence-corrected chi connectivity index (χ1v) is 16.9. The largest absolute Gasteiger partial charge is 0.475 e. The van der Waals surface area contributed by atoms with E-state index in [1.54, 1.807) is 37.5 Å². The van der Waals surface area contributed by atoms with Crippen LogP contribution >= 0.6 is 0 Å². The summed E-state index contributed by atoms with van der Waals surface area (Å²) in [5.41, 5.74) is 6.74. The van der Waals surface area contributed by atoms with Gasteiger partial charge in [0.2, 0.25) is 18.2 Å². The Hall–Kier alpha value is -5.44. The third-order valence-corrected chi connectivity index (χ3v) is 8.93. The number of benzene rings is 2. The molecule has 0 spiro atoms. The Kier molecular flexibility index (Phi) is 11.8. The van der Waals surface area contributed by atoms with E-state index < -0.39 is 0 Å². The first kappa shape index (κ1) is 35.4. The summed E-state index contributed by atoms with van der Waals surface area (Å²) in [7, 11) is 5.23. The molecule has 0 saturated carbocycles. The fourth-order valence-corrected chi connectivity index (χ4v) is 6.11. The second-order valence-electron chi connectivity index (χ2n) is 12.3. The van der Waals surface area contributed by atoms with Crippen LogP contribution in [0.5, 0.6) is 5.88 Å². The molecule has 5 heterocycles. The van der Waals surface area contributed by atoms with Gasteiger partial charge in [0.1, 0.15) is 18.6 Å². The van der Waals surface area contributed by atoms with Crippen LogP contribution in [0.2, 0.25) is 0 Å². The molecule has 0 radical (unpaired) electrons. The molecule has 5 aromatic rings. The van der Waals surface area contributed by atoms with Crippen LogP contribution in [-0.2, 0) is 26.1 Å². The molecule has 0 unspecified atom stereocenters. The quantitative estimate of drug-likeness (QED) is 0.145. The number of methoxy groups -OCH3 is 2. The number of nitrogens with one attached hydrogen (secondary N) is 2. The SMILES string of the molecule is COCCOc1ccc(-c2n[nH]c3ccc(NC=O)cc23)cn1.CO[C@H]1CCN(CC(=O)N2CC=C(c3ccc(-c4ncn(C)n4)cc3)CC2)C1. The molecule has 2 N–H and O–H groups in total. The number of amides is 2. The van der Waals surface area contributed by atoms with Crippen molar-refractivity contribution in [1.29, 1.82) is 0 Å². The number of ether oxygens (including phenoxy) is 3. The number of H-pyrrole nitrogens is 1. The summed E-state index contributed by atoms with van der Waals surface area (Å²) in [6.07, 6.45) is 8.40. The number of pyridine rings is 1. The zero-order valence-electron chi connectivity index (χ0n) is 29.1. The Balaban J connectivity index is 0.000000179. The normalized spacial score (nSPS) is 16.0. The molecule has 2 aromatic carbocycles. The predicted octanol–water partition coefficient (Wildman–Crippen LogP) is 4.04. The van der Waals surface area contributed by atoms with Gasteiger partial charge in [0.05, 0.1) is 24.8 Å². The minimum Gasteiger partial charge on any atom is -0.475 e. The van der Waals surface area contributed by atoms with Crippen molar-refractivity contribution in [2.75, 3.05) is 65.5 Å². The van der Waals surface area contributed by atoms with Gasteiger partial charge in [-0.15, -0.1) is 0 Å². The smallest absolute Gasteiger partial charge is 0.237 e. The van der Waals surface area contributed by atoms with Crippen LogP contribution in [0.15, 0.2) is 73.2 Å². The minimum absolute atomic E-state index is 0.212. The molecule has 2 aliphatic rings. The lowest BCUT2D eigenvalue weighted by Crippen LogP contribution is -2.41. The highest BCUT2D eigenvalue weighted by Gasteiger charge is 2.26. The van der Waals surface area contributed by atoms with E-state index in [0.29, 0.717) is 44.3 Å². The molecule has 1 atom stereocenters. The van der Waals surface area contributed by atoms with E-state index in [4.69, 9.17) is 14.2 Å². The number of carbonyl (C=O) groups is 2. The van der Waals surface area contributed by atoms with E-state index in [-0.39, 0.29) is 12.0 Å². The average molecular weight is 694 g/mol. The molecule has 2 amide bonds. The van der Waals surface area contributed by atoms with Crippen molar-refractivity contribution >= 4 is 34.5 Å². The number of hydrogen-bond donors (Lipinski definition) is 2. The number of carbonyl (C=O) groups excluding carboxylic acids is 2. The average Bonchev–Trinajstić information content (AvgIpc) is 3.93. The highest BCUT2D eigenvalue weighted by molar-refractivity contribution is 5.95. The van der Waals surface area contributed by atoms with Gasteiger partial charge in [-0.3, -0.25) is 24.3 Å². The zero-order chi connectivity index (χ0) is 35.6. The van der Waals surface area contributed by atoms with Crippen LogP contribution < -0.4 is 10.1 Å². The molecule has 2 aliphatic heterocycles. The molecule has 14 nitrogen and oxygen atoms in total. The number of likely N-dealkylation sites (tertiary alicyclic amines) is 1. The fraction of sp³-hybridized carbons (Fsp3) is 0.351. The number of anilines is 1. The first-order valence-electron chi connectivity index (χ1n) is 16.9. The Morgan fingerprint density at radius 3 is 2.51 bits per heavy atom. The zero-order valence-corrected chi connectivity index (χ0v) is 29.1. The van der Waals surface area contributed by atoms with Gasteiger partial charge in [-0.05, 0) is 48.2 Å². The van der Waals surface area contributed by atoms with Crippen molar-refractivity contribution in [3.05, 3.63) is 78.8 Å². The third-order valence-electron chi connectivity index (χ3n) is 8.93. The summed E-state index contributed by atoms with van der Waals surface area (Å²) < 4.78 is 17.5. The molecule has 1 saturated heterocycles. The summed E-state index contributed by atoms with van der Waals surface area (Å²) in [6, 6.07) is 17.6. The molecule has 0 aliphatic carbocycles. The maximum Gasteiger partial charge on any atom is 0.237 e. The highest BCUT2D eigenvalue weighted by atomic mass is 16.5. The van der Waals surface area contributed by atoms with E-state index in [0.717, 1.165) is 66.0 Å². The van der Waals surface area contributed by atoms with Crippen molar-refractivity contribution in [1.82, 2.24) is 39.7 Å². The highest BCUT2D eigenvalue weighted by Crippen LogP contribution is 2.29. The molecule has 0 bridgehead atoms. The van der Waals surface area contributed by atoms with Crippen LogP contribution in [0.4, 0.5) is 5.69 Å². The number of rotatable bonds is 12. The monoisotopic (exact) mass is 693 g/mol. The maximum absolute atomic E-state index is 12.6. The molecule has 14 heteroatoms. The Morgan fingerprint density at radius 1 is 1.02 bits per heavy atom. The van der Waals surface area contributed by atoms with E-state index in [1.165, 1.54) is 11.1 Å². The van der Waals surface area contributed by atoms with Gasteiger partial charge in [0.15, 0.2) is 5.82 Å². The molecule has 1 fully saturated rings. The van der Waals surface area contributed by atoms with Crippen LogP contribution in [0.3, 0.4) is 0 Å². The number of aryl methyl sites for hydroxylation is 1. The Labute approximate surface area is 296 Å². The van der Waals surface area contributed by atoms with Gasteiger partial charge in [0.25, 0.3) is 0 Å². The predicted molar refractivity (Wildman–Crippen MR) is 194 cm³/mol. The summed E-state index contributed by atoms with van der Waals surface area (Å²) in [4.78, 5) is 35.9. The minimum atomic E-state index is 0.212. The van der Waals surface area contributed by atoms with Gasteiger partial charge < -0.3 is 24.4 Å². The topological polar surface area (TPSA) is 153 Å². The Morgan fingerprint density at radius 2 is 1.84 bits per heavy atom. The lowest BCUT2D eigenvalue weighted by molar-refractivity contribution is -0.131. The second kappa shape index (κ2) is 17.0. The van der Waals surface area contributed by atoms with Crippen molar-refractivity contribution in [3.8, 4) is 28.5 Å². The van der Waals surface area contributed by atoms with E-state index >= 15 is 0 Å². The summed E-state index contributed by atoms with van der Waals surface area (Å²) in [5, 5.41) is 15.2. The lowest BCUT2D eigenvalue weighted by atomic mass is 9.98. The molecular formula is C37H43N9O5. The van der Waals surface area contributed by atoms with Crippen molar-refractivity contribution in [3.63, 3.8) is 0 Å². The molecular weight excluding hydrogens is 650 g/mol. The Bertz CT molecular complexity index is 1940. The lowest BCUT2D eigenvalue weighted by Gasteiger charge is -2.28. The van der Waals surface area contributed by atoms with Crippen LogP contribution in [0, 0.1) is 0 Å². The summed E-state index contributed by atoms with van der Waals surface area (Å²) >= 11 is 0. The number of aromatic amines is 1. The number of hydrogen-bond acceptors (Lipinski definition) is 10. The van der Waals surface area contributed by atoms with E-state index in [2.05, 4.69) is 65.8 Å². The van der Waals surface area contributed by atoms with E-state index in [1.807, 2.05) is 36.2 Å². The standard InChI is InChI=1S/C21H27N5O2.C16H16N4O3/c1-24-15-22-21(23-24)18-5-3-16(4-6-18)17-7-11-26(12-8-17)20(27)14-25-10-9-19(13-25)28-2;1-22-6-7-23-15-5-2-11(9-17-15)16-13-8-12(18-10-21)3-4-14(13)19-20-16/h3-7,15,19H,8-14H2,1-2H3;2-5,8-10H,6-7H2,1H3,(H,18,21)(H,19,20)/t19-;/m0./s1. The third kappa shape index (κ3) is 9.03. The fourth-order valence-electron chi connectivity index (χ4n) is 6.11. The van der Waals surface area contributed by atoms with Gasteiger partial charge in [-0.1, -0.05) is 30.3 Å². The summed E-state index contributed by atoms with van der Waals surface area (Å²) in [5.74, 6) is 1.48. The van der Waals surface area contributed by atoms with Crippen LogP contribution in [0.1, 0.15) is 18.4 Å². The van der Waals surface area contributed by atoms with Crippen LogP contribution in [-0.4, -0.2) is 118 Å². The number of fused-ring (bicyclic) bond motifs is 1. The van der Waals surface area contributed by atoms with Gasteiger partial charge >= 0.3 is 0 Å². The molecule has 3 aromatic heterocycles. The number of nitrogens with zero attached hydrogens (tertiary/aromatic N) is 7. The van der Waals surface area contributed by atoms with Gasteiger partial charge in [-0.25, -0.2) is 9.97 Å². The molecule has 266 valence electrons. The maximum atomic E-state index is 12.6. The second-order valence-corrected chi connectivity index (χ2v) is 12.3. The number of aromatic nitrogens is 6.